The molecule has 2 N–H and O–H groups in total. The van der Waals surface area contributed by atoms with E-state index < -0.39 is 0 Å². The average molecular weight is 352 g/mol. The van der Waals surface area contributed by atoms with Crippen LogP contribution in [0.15, 0.2) is 60.5 Å². The van der Waals surface area contributed by atoms with Gasteiger partial charge in [0.15, 0.2) is 0 Å². The molecular weight excluding hydrogens is 334 g/mol. The fourth-order valence-electron chi connectivity index (χ4n) is 3.38. The van der Waals surface area contributed by atoms with Crippen LogP contribution < -0.4 is 5.32 Å². The summed E-state index contributed by atoms with van der Waals surface area (Å²) in [6.45, 7) is 0.421. The number of allylic oxidation sites excluding steroid dienone is 3. The van der Waals surface area contributed by atoms with Gasteiger partial charge >= 0.3 is 0 Å². The van der Waals surface area contributed by atoms with Gasteiger partial charge in [-0.1, -0.05) is 18.2 Å². The Kier molecular flexibility index (Phi) is 4.29. The molecule has 3 aromatic rings. The number of benzene rings is 2. The van der Waals surface area contributed by atoms with Crippen LogP contribution in [0.3, 0.4) is 0 Å². The first-order valence-corrected chi connectivity index (χ1v) is 8.59. The molecule has 5 heteroatoms. The van der Waals surface area contributed by atoms with E-state index in [9.17, 15) is 13.6 Å². The van der Waals surface area contributed by atoms with E-state index in [-0.39, 0.29) is 29.9 Å². The summed E-state index contributed by atoms with van der Waals surface area (Å²) in [5.74, 6) is -0.646. The molecule has 1 aliphatic carbocycles. The molecule has 1 aliphatic rings. The van der Waals surface area contributed by atoms with Gasteiger partial charge in [0.1, 0.15) is 11.6 Å². The SMILES string of the molecule is O=C(Cc1ccc2c(c1)[nH]c1cc(F)ccc12)NCC1C=C(F)C=CC1. The number of carbonyl (C=O) groups is 1. The Morgan fingerprint density at radius 3 is 2.69 bits per heavy atom. The van der Waals surface area contributed by atoms with Crippen LogP contribution in [0.25, 0.3) is 21.8 Å². The second-order valence-electron chi connectivity index (χ2n) is 6.63. The lowest BCUT2D eigenvalue weighted by molar-refractivity contribution is -0.120. The third-order valence-corrected chi connectivity index (χ3v) is 4.66. The number of H-pyrrole nitrogens is 1. The van der Waals surface area contributed by atoms with Crippen LogP contribution in [-0.4, -0.2) is 17.4 Å². The van der Waals surface area contributed by atoms with Crippen molar-refractivity contribution in [2.75, 3.05) is 6.54 Å². The minimum atomic E-state index is -0.285. The zero-order valence-corrected chi connectivity index (χ0v) is 14.1. The van der Waals surface area contributed by atoms with Gasteiger partial charge in [0, 0.05) is 34.3 Å². The third-order valence-electron chi connectivity index (χ3n) is 4.66. The van der Waals surface area contributed by atoms with E-state index in [1.54, 1.807) is 12.1 Å². The van der Waals surface area contributed by atoms with Crippen molar-refractivity contribution in [3.05, 3.63) is 71.8 Å². The van der Waals surface area contributed by atoms with Crippen molar-refractivity contribution in [1.82, 2.24) is 10.3 Å². The first-order chi connectivity index (χ1) is 12.6. The summed E-state index contributed by atoms with van der Waals surface area (Å²) < 4.78 is 26.6. The maximum Gasteiger partial charge on any atom is 0.224 e. The Labute approximate surface area is 149 Å². The van der Waals surface area contributed by atoms with Crippen molar-refractivity contribution >= 4 is 27.7 Å². The van der Waals surface area contributed by atoms with Crippen LogP contribution in [0, 0.1) is 11.7 Å². The van der Waals surface area contributed by atoms with Gasteiger partial charge in [-0.15, -0.1) is 0 Å². The lowest BCUT2D eigenvalue weighted by Crippen LogP contribution is -2.30. The van der Waals surface area contributed by atoms with Gasteiger partial charge in [-0.05, 0) is 48.4 Å². The summed E-state index contributed by atoms with van der Waals surface area (Å²) >= 11 is 0. The number of hydrogen-bond donors (Lipinski definition) is 2. The summed E-state index contributed by atoms with van der Waals surface area (Å²) in [4.78, 5) is 15.4. The average Bonchev–Trinajstić information content (AvgIpc) is 2.96. The first kappa shape index (κ1) is 16.5. The highest BCUT2D eigenvalue weighted by Gasteiger charge is 2.12. The van der Waals surface area contributed by atoms with Crippen LogP contribution in [0.2, 0.25) is 0 Å². The van der Waals surface area contributed by atoms with Crippen LogP contribution in [0.1, 0.15) is 12.0 Å². The number of nitrogens with one attached hydrogen (secondary N) is 2. The Bertz CT molecular complexity index is 1050. The quantitative estimate of drug-likeness (QED) is 0.711. The molecule has 0 saturated heterocycles. The van der Waals surface area contributed by atoms with Crippen molar-refractivity contribution in [2.45, 2.75) is 12.8 Å². The maximum absolute atomic E-state index is 13.4. The molecule has 26 heavy (non-hydrogen) atoms. The Hall–Kier alpha value is -2.95. The summed E-state index contributed by atoms with van der Waals surface area (Å²) in [5, 5.41) is 4.81. The highest BCUT2D eigenvalue weighted by Crippen LogP contribution is 2.26. The van der Waals surface area contributed by atoms with Crippen molar-refractivity contribution in [3.8, 4) is 0 Å². The highest BCUT2D eigenvalue weighted by molar-refractivity contribution is 6.07. The molecule has 0 saturated carbocycles. The Morgan fingerprint density at radius 1 is 1.12 bits per heavy atom. The lowest BCUT2D eigenvalue weighted by atomic mass is 10.0. The minimum Gasteiger partial charge on any atom is -0.355 e. The highest BCUT2D eigenvalue weighted by atomic mass is 19.1. The van der Waals surface area contributed by atoms with Gasteiger partial charge in [0.05, 0.1) is 6.42 Å². The van der Waals surface area contributed by atoms with Gasteiger partial charge in [0.25, 0.3) is 0 Å². The Morgan fingerprint density at radius 2 is 1.88 bits per heavy atom. The molecule has 2 aromatic carbocycles. The van der Waals surface area contributed by atoms with Gasteiger partial charge in [-0.2, -0.15) is 0 Å². The van der Waals surface area contributed by atoms with Crippen LogP contribution >= 0.6 is 0 Å². The van der Waals surface area contributed by atoms with Gasteiger partial charge in [-0.25, -0.2) is 8.78 Å². The minimum absolute atomic E-state index is 0.00460. The summed E-state index contributed by atoms with van der Waals surface area (Å²) in [6.07, 6.45) is 5.73. The molecular formula is C21H18F2N2O. The van der Waals surface area contributed by atoms with Crippen molar-refractivity contribution in [3.63, 3.8) is 0 Å². The second-order valence-corrected chi connectivity index (χ2v) is 6.63. The van der Waals surface area contributed by atoms with E-state index in [1.807, 2.05) is 18.2 Å². The number of hydrogen-bond acceptors (Lipinski definition) is 1. The predicted molar refractivity (Wildman–Crippen MR) is 98.9 cm³/mol. The number of fused-ring (bicyclic) bond motifs is 3. The summed E-state index contributed by atoms with van der Waals surface area (Å²) in [6, 6.07) is 10.4. The zero-order chi connectivity index (χ0) is 18.1. The van der Waals surface area contributed by atoms with Crippen molar-refractivity contribution in [1.29, 1.82) is 0 Å². The van der Waals surface area contributed by atoms with Gasteiger partial charge in [-0.3, -0.25) is 4.79 Å². The third kappa shape index (κ3) is 3.38. The molecule has 0 aliphatic heterocycles. The number of rotatable bonds is 4. The molecule has 1 atom stereocenters. The zero-order valence-electron chi connectivity index (χ0n) is 14.1. The molecule has 0 radical (unpaired) electrons. The number of aromatic amines is 1. The smallest absolute Gasteiger partial charge is 0.224 e. The molecule has 1 unspecified atom stereocenters. The topological polar surface area (TPSA) is 44.9 Å². The number of amides is 1. The van der Waals surface area contributed by atoms with E-state index in [2.05, 4.69) is 10.3 Å². The molecule has 132 valence electrons. The van der Waals surface area contributed by atoms with Crippen LogP contribution in [-0.2, 0) is 11.2 Å². The van der Waals surface area contributed by atoms with Gasteiger partial charge < -0.3 is 10.3 Å². The predicted octanol–water partition coefficient (Wildman–Crippen LogP) is 4.55. The van der Waals surface area contributed by atoms with E-state index in [1.165, 1.54) is 24.3 Å². The molecule has 4 rings (SSSR count). The number of halogens is 2. The van der Waals surface area contributed by atoms with Crippen LogP contribution in [0.5, 0.6) is 0 Å². The largest absolute Gasteiger partial charge is 0.355 e. The monoisotopic (exact) mass is 352 g/mol. The van der Waals surface area contributed by atoms with E-state index in [4.69, 9.17) is 0 Å². The molecule has 0 fully saturated rings. The fraction of sp³-hybridized carbons (Fsp3) is 0.190. The maximum atomic E-state index is 13.4. The molecule has 1 amide bonds. The summed E-state index contributed by atoms with van der Waals surface area (Å²) in [7, 11) is 0. The molecule has 3 nitrogen and oxygen atoms in total. The molecule has 1 heterocycles. The van der Waals surface area contributed by atoms with E-state index >= 15 is 0 Å². The first-order valence-electron chi connectivity index (χ1n) is 8.59. The van der Waals surface area contributed by atoms with Gasteiger partial charge in [0.2, 0.25) is 5.91 Å². The van der Waals surface area contributed by atoms with E-state index in [0.717, 1.165) is 33.8 Å². The molecule has 1 aromatic heterocycles. The number of carbonyl (C=O) groups excluding carboxylic acids is 1. The Balaban J connectivity index is 1.46. The standard InChI is InChI=1S/C21H18F2N2O/c22-15-3-1-2-14(8-15)12-24-21(26)10-13-4-6-17-18-7-5-16(23)11-20(18)25-19(17)9-13/h1,3-9,11,14,25H,2,10,12H2,(H,24,26). The second kappa shape index (κ2) is 6.75. The van der Waals surface area contributed by atoms with Crippen LogP contribution in [0.4, 0.5) is 8.78 Å². The van der Waals surface area contributed by atoms with Crippen molar-refractivity contribution in [2.24, 2.45) is 5.92 Å². The summed E-state index contributed by atoms with van der Waals surface area (Å²) in [5.41, 5.74) is 2.48. The molecule has 0 bridgehead atoms. The van der Waals surface area contributed by atoms with Crippen molar-refractivity contribution < 1.29 is 13.6 Å². The van der Waals surface area contributed by atoms with E-state index in [0.29, 0.717) is 6.54 Å². The lowest BCUT2D eigenvalue weighted by Gasteiger charge is -2.14. The fourth-order valence-corrected chi connectivity index (χ4v) is 3.38. The normalized spacial score (nSPS) is 16.8. The molecule has 0 spiro atoms. The number of aromatic nitrogens is 1.